The molecule has 2 rings (SSSR count). The summed E-state index contributed by atoms with van der Waals surface area (Å²) in [5.74, 6) is -0.202. The fourth-order valence-corrected chi connectivity index (χ4v) is 2.78. The van der Waals surface area contributed by atoms with E-state index in [4.69, 9.17) is 5.73 Å². The van der Waals surface area contributed by atoms with Crippen molar-refractivity contribution in [3.8, 4) is 0 Å². The van der Waals surface area contributed by atoms with Gasteiger partial charge in [0.05, 0.1) is 11.6 Å². The maximum atomic E-state index is 11.2. The Morgan fingerprint density at radius 2 is 2.40 bits per heavy atom. The first kappa shape index (κ1) is 12.4. The number of thiophene rings is 1. The summed E-state index contributed by atoms with van der Waals surface area (Å²) in [5.41, 5.74) is 6.35. The molecule has 82 valence electrons. The third kappa shape index (κ3) is 2.66. The molecule has 0 spiro atoms. The molecule has 0 aliphatic carbocycles. The fraction of sp³-hybridized carbons (Fsp3) is 0.250. The number of nitrogens with one attached hydrogen (secondary N) is 1. The third-order valence-electron chi connectivity index (χ3n) is 1.67. The molecule has 0 unspecified atom stereocenters. The van der Waals surface area contributed by atoms with Crippen molar-refractivity contribution in [1.29, 1.82) is 0 Å². The Kier molecular flexibility index (Phi) is 4.04. The first-order chi connectivity index (χ1) is 6.66. The summed E-state index contributed by atoms with van der Waals surface area (Å²) in [7, 11) is 0. The number of thiazole rings is 1. The summed E-state index contributed by atoms with van der Waals surface area (Å²) in [6.45, 7) is 1.64. The molecule has 3 N–H and O–H groups in total. The first-order valence-corrected chi connectivity index (χ1v) is 5.77. The summed E-state index contributed by atoms with van der Waals surface area (Å²) in [5, 5.41) is 5.26. The van der Waals surface area contributed by atoms with Crippen LogP contribution in [-0.4, -0.2) is 16.9 Å². The lowest BCUT2D eigenvalue weighted by Gasteiger charge is -2.02. The number of carbonyl (C=O) groups is 1. The van der Waals surface area contributed by atoms with Crippen molar-refractivity contribution in [3.63, 3.8) is 0 Å². The Balaban J connectivity index is 0.00000112. The monoisotopic (exact) mass is 263 g/mol. The van der Waals surface area contributed by atoms with Crippen molar-refractivity contribution in [2.24, 2.45) is 5.73 Å². The molecule has 7 heteroatoms. The highest BCUT2D eigenvalue weighted by Crippen LogP contribution is 2.30. The predicted molar refractivity (Wildman–Crippen MR) is 67.0 cm³/mol. The number of hydrogen-bond acceptors (Lipinski definition) is 5. The number of aromatic nitrogens is 1. The summed E-state index contributed by atoms with van der Waals surface area (Å²) in [6, 6.07) is 1.43. The molecule has 1 atom stereocenters. The zero-order chi connectivity index (χ0) is 10.1. The summed E-state index contributed by atoms with van der Waals surface area (Å²) < 4.78 is 1.12. The van der Waals surface area contributed by atoms with E-state index in [1.807, 2.05) is 11.4 Å². The number of amides is 1. The van der Waals surface area contributed by atoms with Crippen molar-refractivity contribution in [2.45, 2.75) is 13.0 Å². The van der Waals surface area contributed by atoms with Gasteiger partial charge in [0.1, 0.15) is 4.01 Å². The van der Waals surface area contributed by atoms with Gasteiger partial charge in [-0.3, -0.25) is 4.79 Å². The highest BCUT2D eigenvalue weighted by atomic mass is 35.5. The first-order valence-electron chi connectivity index (χ1n) is 4.07. The van der Waals surface area contributed by atoms with Crippen LogP contribution in [0.25, 0.3) is 9.53 Å². The van der Waals surface area contributed by atoms with Gasteiger partial charge in [0.25, 0.3) is 0 Å². The standard InChI is InChI=1S/C8H9N3OS2.ClH/c1-4(9)6(12)11-8-10-5-2-3-13-7(5)14-8;/h2-4H,9H2,1H3,(H,10,11,12);1H/t4-;/m1./s1. The molecule has 1 amide bonds. The molecular weight excluding hydrogens is 254 g/mol. The normalized spacial score (nSPS) is 12.1. The van der Waals surface area contributed by atoms with Gasteiger partial charge in [-0.05, 0) is 18.4 Å². The van der Waals surface area contributed by atoms with Crippen LogP contribution < -0.4 is 11.1 Å². The Hall–Kier alpha value is -0.690. The van der Waals surface area contributed by atoms with Crippen LogP contribution in [0.1, 0.15) is 6.92 Å². The zero-order valence-electron chi connectivity index (χ0n) is 7.89. The lowest BCUT2D eigenvalue weighted by atomic mass is 10.3. The molecule has 0 aliphatic heterocycles. The number of halogens is 1. The molecule has 2 heterocycles. The SMILES string of the molecule is C[C@@H](N)C(=O)Nc1nc2ccsc2s1.Cl. The topological polar surface area (TPSA) is 68.0 Å². The van der Waals surface area contributed by atoms with Gasteiger partial charge in [0.2, 0.25) is 5.91 Å². The van der Waals surface area contributed by atoms with Gasteiger partial charge in [-0.25, -0.2) is 4.98 Å². The average Bonchev–Trinajstić information content (AvgIpc) is 2.63. The van der Waals surface area contributed by atoms with E-state index < -0.39 is 6.04 Å². The van der Waals surface area contributed by atoms with Crippen molar-refractivity contribution in [3.05, 3.63) is 11.4 Å². The van der Waals surface area contributed by atoms with Crippen molar-refractivity contribution >= 4 is 55.6 Å². The van der Waals surface area contributed by atoms with Crippen LogP contribution in [0.5, 0.6) is 0 Å². The minimum atomic E-state index is -0.503. The zero-order valence-corrected chi connectivity index (χ0v) is 10.3. The molecule has 4 nitrogen and oxygen atoms in total. The Bertz CT molecular complexity index is 437. The number of nitrogens with zero attached hydrogens (tertiary/aromatic N) is 1. The largest absolute Gasteiger partial charge is 0.320 e. The molecule has 0 radical (unpaired) electrons. The predicted octanol–water partition coefficient (Wildman–Crippen LogP) is 2.07. The highest BCUT2D eigenvalue weighted by molar-refractivity contribution is 7.39. The van der Waals surface area contributed by atoms with Gasteiger partial charge in [0.15, 0.2) is 5.13 Å². The summed E-state index contributed by atoms with van der Waals surface area (Å²) in [6.07, 6.45) is 0. The van der Waals surface area contributed by atoms with E-state index in [1.54, 1.807) is 18.3 Å². The minimum absolute atomic E-state index is 0. The molecule has 2 aromatic heterocycles. The van der Waals surface area contributed by atoms with E-state index in [0.717, 1.165) is 9.53 Å². The number of carbonyl (C=O) groups excluding carboxylic acids is 1. The molecule has 0 aromatic carbocycles. The smallest absolute Gasteiger partial charge is 0.242 e. The maximum Gasteiger partial charge on any atom is 0.242 e. The van der Waals surface area contributed by atoms with Gasteiger partial charge in [-0.2, -0.15) is 0 Å². The second-order valence-corrected chi connectivity index (χ2v) is 5.06. The van der Waals surface area contributed by atoms with Gasteiger partial charge >= 0.3 is 0 Å². The van der Waals surface area contributed by atoms with Crippen LogP contribution in [0.2, 0.25) is 0 Å². The van der Waals surface area contributed by atoms with E-state index in [9.17, 15) is 4.79 Å². The second kappa shape index (κ2) is 4.89. The lowest BCUT2D eigenvalue weighted by Crippen LogP contribution is -2.32. The Labute approximate surface area is 101 Å². The number of nitrogens with two attached hydrogens (primary N) is 1. The van der Waals surface area contributed by atoms with Crippen molar-refractivity contribution in [2.75, 3.05) is 5.32 Å². The number of anilines is 1. The van der Waals surface area contributed by atoms with E-state index >= 15 is 0 Å². The van der Waals surface area contributed by atoms with Crippen LogP contribution >= 0.6 is 35.1 Å². The van der Waals surface area contributed by atoms with Crippen LogP contribution in [0, 0.1) is 0 Å². The van der Waals surface area contributed by atoms with Crippen LogP contribution in [-0.2, 0) is 4.79 Å². The van der Waals surface area contributed by atoms with Crippen molar-refractivity contribution in [1.82, 2.24) is 4.98 Å². The maximum absolute atomic E-state index is 11.2. The van der Waals surface area contributed by atoms with Crippen LogP contribution in [0.4, 0.5) is 5.13 Å². The van der Waals surface area contributed by atoms with Gasteiger partial charge in [-0.15, -0.1) is 23.7 Å². The Morgan fingerprint density at radius 3 is 3.00 bits per heavy atom. The molecule has 0 fully saturated rings. The van der Waals surface area contributed by atoms with Crippen LogP contribution in [0.3, 0.4) is 0 Å². The molecule has 0 bridgehead atoms. The molecule has 0 saturated carbocycles. The third-order valence-corrected chi connectivity index (χ3v) is 3.68. The molecular formula is C8H10ClN3OS2. The van der Waals surface area contributed by atoms with Gasteiger partial charge in [-0.1, -0.05) is 11.3 Å². The van der Waals surface area contributed by atoms with E-state index in [0.29, 0.717) is 5.13 Å². The Morgan fingerprint density at radius 1 is 1.67 bits per heavy atom. The van der Waals surface area contributed by atoms with E-state index in [2.05, 4.69) is 10.3 Å². The van der Waals surface area contributed by atoms with Crippen molar-refractivity contribution < 1.29 is 4.79 Å². The van der Waals surface area contributed by atoms with E-state index in [-0.39, 0.29) is 18.3 Å². The van der Waals surface area contributed by atoms with Crippen LogP contribution in [0.15, 0.2) is 11.4 Å². The number of rotatable bonds is 2. The van der Waals surface area contributed by atoms with E-state index in [1.165, 1.54) is 11.3 Å². The second-order valence-electron chi connectivity index (χ2n) is 2.89. The molecule has 0 saturated heterocycles. The minimum Gasteiger partial charge on any atom is -0.320 e. The fourth-order valence-electron chi connectivity index (χ4n) is 0.941. The molecule has 2 aromatic rings. The quantitative estimate of drug-likeness (QED) is 0.872. The highest BCUT2D eigenvalue weighted by Gasteiger charge is 2.11. The van der Waals surface area contributed by atoms with Gasteiger partial charge < -0.3 is 11.1 Å². The lowest BCUT2D eigenvalue weighted by molar-refractivity contribution is -0.117. The summed E-state index contributed by atoms with van der Waals surface area (Å²) >= 11 is 3.09. The molecule has 0 aliphatic rings. The number of fused-ring (bicyclic) bond motifs is 1. The average molecular weight is 264 g/mol. The number of hydrogen-bond donors (Lipinski definition) is 2. The molecule has 15 heavy (non-hydrogen) atoms. The van der Waals surface area contributed by atoms with Gasteiger partial charge in [0, 0.05) is 0 Å². The summed E-state index contributed by atoms with van der Waals surface area (Å²) in [4.78, 5) is 15.5.